The van der Waals surface area contributed by atoms with Gasteiger partial charge in [-0.25, -0.2) is 9.97 Å². The van der Waals surface area contributed by atoms with Gasteiger partial charge in [-0.2, -0.15) is 15.0 Å². The van der Waals surface area contributed by atoms with Gasteiger partial charge in [-0.15, -0.1) is 0 Å². The largest absolute Gasteiger partial charge is 0.443 e. The Balaban J connectivity index is 1.59. The molecule has 0 aliphatic carbocycles. The number of para-hydroxylation sites is 1. The van der Waals surface area contributed by atoms with Gasteiger partial charge < -0.3 is 9.73 Å². The van der Waals surface area contributed by atoms with E-state index < -0.39 is 5.91 Å². The fraction of sp³-hybridized carbons (Fsp3) is 0.0870. The van der Waals surface area contributed by atoms with Crippen LogP contribution in [0.5, 0.6) is 0 Å². The Hall–Kier alpha value is -4.51. The maximum absolute atomic E-state index is 12.9. The Morgan fingerprint density at radius 2 is 2.03 bits per heavy atom. The molecule has 2 aromatic carbocycles. The number of carbonyl (C=O) groups excluding carboxylic acids is 1. The molecule has 3 heterocycles. The molecule has 0 aliphatic rings. The number of nitrogens with one attached hydrogen (secondary N) is 1. The highest BCUT2D eigenvalue weighted by Crippen LogP contribution is 2.26. The predicted octanol–water partition coefficient (Wildman–Crippen LogP) is 4.30. The molecule has 0 spiro atoms. The second kappa shape index (κ2) is 7.07. The maximum atomic E-state index is 12.9. The van der Waals surface area contributed by atoms with Crippen molar-refractivity contribution in [2.75, 3.05) is 5.32 Å². The van der Waals surface area contributed by atoms with Gasteiger partial charge in [-0.05, 0) is 49.2 Å². The van der Waals surface area contributed by atoms with Crippen LogP contribution in [0.1, 0.15) is 27.0 Å². The second-order valence-electron chi connectivity index (χ2n) is 7.19. The highest BCUT2D eigenvalue weighted by atomic mass is 16.3. The SMILES string of the molecule is Cc1cc(-n2ncc(C#N)c2NC(=O)c2ccc3ocnc3c2)nc2c(C)cccc12. The smallest absolute Gasteiger partial charge is 0.256 e. The van der Waals surface area contributed by atoms with Crippen LogP contribution in [-0.4, -0.2) is 25.7 Å². The molecule has 0 bridgehead atoms. The summed E-state index contributed by atoms with van der Waals surface area (Å²) in [5.41, 5.74) is 4.68. The second-order valence-corrected chi connectivity index (χ2v) is 7.19. The Kier molecular flexibility index (Phi) is 4.22. The fourth-order valence-corrected chi connectivity index (χ4v) is 3.56. The van der Waals surface area contributed by atoms with Crippen LogP contribution in [0.25, 0.3) is 27.8 Å². The Morgan fingerprint density at radius 1 is 1.16 bits per heavy atom. The van der Waals surface area contributed by atoms with Crippen molar-refractivity contribution < 1.29 is 9.21 Å². The molecular weight excluding hydrogens is 392 g/mol. The molecule has 0 aliphatic heterocycles. The molecule has 3 aromatic heterocycles. The van der Waals surface area contributed by atoms with Crippen molar-refractivity contribution in [3.8, 4) is 11.9 Å². The van der Waals surface area contributed by atoms with E-state index in [-0.39, 0.29) is 11.4 Å². The number of nitrogens with zero attached hydrogens (tertiary/aromatic N) is 5. The molecule has 8 nitrogen and oxygen atoms in total. The quantitative estimate of drug-likeness (QED) is 0.477. The average molecular weight is 408 g/mol. The molecule has 5 rings (SSSR count). The van der Waals surface area contributed by atoms with E-state index in [0.717, 1.165) is 22.0 Å². The lowest BCUT2D eigenvalue weighted by atomic mass is 10.1. The van der Waals surface area contributed by atoms with Gasteiger partial charge in [-0.1, -0.05) is 18.2 Å². The van der Waals surface area contributed by atoms with Crippen molar-refractivity contribution in [3.63, 3.8) is 0 Å². The number of fused-ring (bicyclic) bond motifs is 2. The number of carbonyl (C=O) groups is 1. The summed E-state index contributed by atoms with van der Waals surface area (Å²) >= 11 is 0. The summed E-state index contributed by atoms with van der Waals surface area (Å²) in [4.78, 5) is 21.7. The summed E-state index contributed by atoms with van der Waals surface area (Å²) in [6.45, 7) is 3.98. The van der Waals surface area contributed by atoms with Gasteiger partial charge in [0.25, 0.3) is 5.91 Å². The average Bonchev–Trinajstić information content (AvgIpc) is 3.40. The number of pyridine rings is 1. The predicted molar refractivity (Wildman–Crippen MR) is 115 cm³/mol. The molecule has 8 heteroatoms. The molecule has 5 aromatic rings. The van der Waals surface area contributed by atoms with E-state index in [1.54, 1.807) is 18.2 Å². The van der Waals surface area contributed by atoms with Crippen molar-refractivity contribution in [2.45, 2.75) is 13.8 Å². The van der Waals surface area contributed by atoms with Crippen LogP contribution in [0.15, 0.2) is 59.5 Å². The number of benzene rings is 2. The zero-order valence-corrected chi connectivity index (χ0v) is 16.7. The van der Waals surface area contributed by atoms with Crippen molar-refractivity contribution in [1.82, 2.24) is 19.7 Å². The molecule has 0 radical (unpaired) electrons. The molecule has 0 unspecified atom stereocenters. The number of aryl methyl sites for hydroxylation is 2. The highest BCUT2D eigenvalue weighted by molar-refractivity contribution is 6.06. The van der Waals surface area contributed by atoms with Crippen LogP contribution in [-0.2, 0) is 0 Å². The van der Waals surface area contributed by atoms with Gasteiger partial charge in [0.05, 0.1) is 11.7 Å². The molecule has 0 saturated heterocycles. The van der Waals surface area contributed by atoms with Crippen molar-refractivity contribution in [2.24, 2.45) is 0 Å². The zero-order valence-electron chi connectivity index (χ0n) is 16.7. The van der Waals surface area contributed by atoms with Crippen molar-refractivity contribution >= 4 is 33.7 Å². The number of anilines is 1. The van der Waals surface area contributed by atoms with Crippen LogP contribution in [0.2, 0.25) is 0 Å². The minimum Gasteiger partial charge on any atom is -0.443 e. The van der Waals surface area contributed by atoms with E-state index in [4.69, 9.17) is 9.40 Å². The van der Waals surface area contributed by atoms with Gasteiger partial charge >= 0.3 is 0 Å². The summed E-state index contributed by atoms with van der Waals surface area (Å²) in [6.07, 6.45) is 2.74. The van der Waals surface area contributed by atoms with E-state index in [0.29, 0.717) is 22.5 Å². The molecule has 150 valence electrons. The lowest BCUT2D eigenvalue weighted by Gasteiger charge is -2.12. The van der Waals surface area contributed by atoms with E-state index >= 15 is 0 Å². The number of hydrogen-bond donors (Lipinski definition) is 1. The third-order valence-electron chi connectivity index (χ3n) is 5.17. The van der Waals surface area contributed by atoms with Crippen molar-refractivity contribution in [3.05, 3.63) is 77.3 Å². The first kappa shape index (κ1) is 18.5. The van der Waals surface area contributed by atoms with Gasteiger partial charge in [0, 0.05) is 10.9 Å². The highest BCUT2D eigenvalue weighted by Gasteiger charge is 2.18. The zero-order chi connectivity index (χ0) is 21.5. The molecule has 0 fully saturated rings. The van der Waals surface area contributed by atoms with Crippen LogP contribution in [0, 0.1) is 25.2 Å². The molecule has 1 amide bonds. The van der Waals surface area contributed by atoms with Gasteiger partial charge in [0.1, 0.15) is 17.1 Å². The summed E-state index contributed by atoms with van der Waals surface area (Å²) in [5, 5.41) is 17.7. The van der Waals surface area contributed by atoms with Crippen LogP contribution in [0.3, 0.4) is 0 Å². The van der Waals surface area contributed by atoms with Gasteiger partial charge in [-0.3, -0.25) is 4.79 Å². The number of hydrogen-bond acceptors (Lipinski definition) is 6. The number of oxazole rings is 1. The van der Waals surface area contributed by atoms with Crippen LogP contribution >= 0.6 is 0 Å². The van der Waals surface area contributed by atoms with E-state index in [1.807, 2.05) is 38.1 Å². The first-order valence-corrected chi connectivity index (χ1v) is 9.55. The Morgan fingerprint density at radius 3 is 2.87 bits per heavy atom. The number of rotatable bonds is 3. The number of amides is 1. The third kappa shape index (κ3) is 3.09. The third-order valence-corrected chi connectivity index (χ3v) is 5.17. The van der Waals surface area contributed by atoms with E-state index in [2.05, 4.69) is 21.5 Å². The summed E-state index contributed by atoms with van der Waals surface area (Å²) < 4.78 is 6.70. The van der Waals surface area contributed by atoms with Crippen LogP contribution in [0.4, 0.5) is 5.82 Å². The lowest BCUT2D eigenvalue weighted by Crippen LogP contribution is -2.16. The summed E-state index contributed by atoms with van der Waals surface area (Å²) in [6, 6.07) is 14.9. The van der Waals surface area contributed by atoms with Crippen LogP contribution < -0.4 is 5.32 Å². The maximum Gasteiger partial charge on any atom is 0.256 e. The molecule has 31 heavy (non-hydrogen) atoms. The minimum absolute atomic E-state index is 0.236. The minimum atomic E-state index is -0.392. The molecule has 0 atom stereocenters. The standard InChI is InChI=1S/C23H16N6O2/c1-13-4-3-5-17-14(2)8-20(27-21(13)17)29-22(16(10-24)11-26-29)28-23(30)15-6-7-19-18(9-15)25-12-31-19/h3-9,11-12H,1-2H3,(H,28,30). The normalized spacial score (nSPS) is 11.0. The van der Waals surface area contributed by atoms with Gasteiger partial charge in [0.15, 0.2) is 23.6 Å². The number of nitriles is 1. The first-order valence-electron chi connectivity index (χ1n) is 9.55. The Bertz CT molecular complexity index is 1520. The van der Waals surface area contributed by atoms with Gasteiger partial charge in [0.2, 0.25) is 0 Å². The summed E-state index contributed by atoms with van der Waals surface area (Å²) in [7, 11) is 0. The summed E-state index contributed by atoms with van der Waals surface area (Å²) in [5.74, 6) is 0.382. The number of aromatic nitrogens is 4. The fourth-order valence-electron chi connectivity index (χ4n) is 3.56. The molecule has 1 N–H and O–H groups in total. The lowest BCUT2D eigenvalue weighted by molar-refractivity contribution is 0.102. The Labute approximate surface area is 176 Å². The van der Waals surface area contributed by atoms with E-state index in [9.17, 15) is 10.1 Å². The first-order chi connectivity index (χ1) is 15.0. The molecular formula is C23H16N6O2. The van der Waals surface area contributed by atoms with E-state index in [1.165, 1.54) is 17.3 Å². The van der Waals surface area contributed by atoms with Crippen molar-refractivity contribution in [1.29, 1.82) is 5.26 Å². The molecule has 0 saturated carbocycles. The monoisotopic (exact) mass is 408 g/mol. The topological polar surface area (TPSA) is 110 Å².